The minimum absolute atomic E-state index is 0.532. The van der Waals surface area contributed by atoms with E-state index in [9.17, 15) is 0 Å². The Morgan fingerprint density at radius 1 is 1.35 bits per heavy atom. The van der Waals surface area contributed by atoms with Crippen molar-refractivity contribution in [3.05, 3.63) is 10.6 Å². The highest BCUT2D eigenvalue weighted by atomic mass is 32.1. The number of anilines is 1. The zero-order chi connectivity index (χ0) is 14.7. The average molecular weight is 295 g/mol. The summed E-state index contributed by atoms with van der Waals surface area (Å²) < 4.78 is 0. The van der Waals surface area contributed by atoms with E-state index >= 15 is 0 Å². The maximum absolute atomic E-state index is 4.96. The van der Waals surface area contributed by atoms with Crippen LogP contribution >= 0.6 is 11.3 Å². The molecule has 1 aromatic rings. The Kier molecular flexibility index (Phi) is 5.44. The molecule has 0 saturated heterocycles. The molecule has 1 saturated carbocycles. The maximum atomic E-state index is 4.96. The molecule has 0 bridgehead atoms. The first-order valence-electron chi connectivity index (χ1n) is 7.97. The van der Waals surface area contributed by atoms with Crippen LogP contribution in [0.3, 0.4) is 0 Å². The lowest BCUT2D eigenvalue weighted by molar-refractivity contribution is 0.505. The number of nitrogens with one attached hydrogen (secondary N) is 1. The Bertz CT molecular complexity index is 423. The molecule has 0 aromatic carbocycles. The lowest BCUT2D eigenvalue weighted by Crippen LogP contribution is -2.33. The van der Waals surface area contributed by atoms with Gasteiger partial charge in [-0.1, -0.05) is 20.8 Å². The highest BCUT2D eigenvalue weighted by Crippen LogP contribution is 2.44. The number of aromatic nitrogens is 1. The van der Waals surface area contributed by atoms with E-state index in [2.05, 4.69) is 45.0 Å². The van der Waals surface area contributed by atoms with Crippen LogP contribution in [0.1, 0.15) is 63.4 Å². The van der Waals surface area contributed by atoms with Gasteiger partial charge in [0.1, 0.15) is 0 Å². The van der Waals surface area contributed by atoms with Crippen LogP contribution in [0, 0.1) is 5.92 Å². The van der Waals surface area contributed by atoms with E-state index in [4.69, 9.17) is 4.98 Å². The van der Waals surface area contributed by atoms with Crippen LogP contribution in [0.4, 0.5) is 5.13 Å². The molecular weight excluding hydrogens is 266 g/mol. The third-order valence-corrected chi connectivity index (χ3v) is 5.43. The summed E-state index contributed by atoms with van der Waals surface area (Å²) in [6, 6.07) is 0.532. The molecule has 1 atom stereocenters. The molecule has 1 aromatic heterocycles. The first-order valence-corrected chi connectivity index (χ1v) is 8.79. The fraction of sp³-hybridized carbons (Fsp3) is 0.812. The summed E-state index contributed by atoms with van der Waals surface area (Å²) in [5.41, 5.74) is 1.37. The molecule has 1 N–H and O–H groups in total. The summed E-state index contributed by atoms with van der Waals surface area (Å²) in [7, 11) is 2.18. The first kappa shape index (κ1) is 15.8. The molecule has 0 amide bonds. The molecule has 2 rings (SSSR count). The summed E-state index contributed by atoms with van der Waals surface area (Å²) in [5, 5.41) is 4.73. The topological polar surface area (TPSA) is 28.2 Å². The summed E-state index contributed by atoms with van der Waals surface area (Å²) in [6.45, 7) is 11.1. The average Bonchev–Trinajstić information content (AvgIpc) is 3.18. The van der Waals surface area contributed by atoms with Crippen molar-refractivity contribution in [2.75, 3.05) is 18.5 Å². The monoisotopic (exact) mass is 295 g/mol. The molecule has 1 aliphatic rings. The first-order chi connectivity index (χ1) is 9.54. The molecule has 0 aliphatic heterocycles. The Balaban J connectivity index is 2.11. The van der Waals surface area contributed by atoms with E-state index in [-0.39, 0.29) is 0 Å². The maximum Gasteiger partial charge on any atom is 0.185 e. The quantitative estimate of drug-likeness (QED) is 0.735. The van der Waals surface area contributed by atoms with Gasteiger partial charge >= 0.3 is 0 Å². The van der Waals surface area contributed by atoms with Gasteiger partial charge in [-0.25, -0.2) is 4.98 Å². The van der Waals surface area contributed by atoms with Gasteiger partial charge in [0.25, 0.3) is 0 Å². The third-order valence-electron chi connectivity index (χ3n) is 4.27. The van der Waals surface area contributed by atoms with Crippen molar-refractivity contribution in [3.63, 3.8) is 0 Å². The second-order valence-electron chi connectivity index (χ2n) is 6.35. The van der Waals surface area contributed by atoms with Crippen molar-refractivity contribution in [2.45, 2.75) is 65.5 Å². The fourth-order valence-electron chi connectivity index (χ4n) is 2.30. The molecule has 114 valence electrons. The van der Waals surface area contributed by atoms with Crippen LogP contribution in [0.25, 0.3) is 0 Å². The zero-order valence-electron chi connectivity index (χ0n) is 13.6. The minimum Gasteiger partial charge on any atom is -0.348 e. The normalized spacial score (nSPS) is 16.7. The van der Waals surface area contributed by atoms with E-state index in [0.29, 0.717) is 12.0 Å². The second kappa shape index (κ2) is 6.90. The number of thiazole rings is 1. The van der Waals surface area contributed by atoms with Crippen molar-refractivity contribution in [2.24, 2.45) is 5.92 Å². The molecule has 0 spiro atoms. The summed E-state index contributed by atoms with van der Waals surface area (Å²) >= 11 is 1.88. The number of rotatable bonds is 8. The molecule has 4 heteroatoms. The predicted molar refractivity (Wildman–Crippen MR) is 88.8 cm³/mol. The van der Waals surface area contributed by atoms with Gasteiger partial charge in [0.05, 0.1) is 5.69 Å². The smallest absolute Gasteiger partial charge is 0.185 e. The molecule has 1 fully saturated rings. The lowest BCUT2D eigenvalue weighted by Gasteiger charge is -2.27. The fourth-order valence-corrected chi connectivity index (χ4v) is 3.47. The van der Waals surface area contributed by atoms with Gasteiger partial charge in [0.15, 0.2) is 5.13 Å². The summed E-state index contributed by atoms with van der Waals surface area (Å²) in [6.07, 6.45) is 3.84. The van der Waals surface area contributed by atoms with Gasteiger partial charge in [-0.3, -0.25) is 0 Å². The highest BCUT2D eigenvalue weighted by molar-refractivity contribution is 7.15. The molecule has 3 nitrogen and oxygen atoms in total. The van der Waals surface area contributed by atoms with Crippen molar-refractivity contribution in [1.29, 1.82) is 0 Å². The van der Waals surface area contributed by atoms with Gasteiger partial charge in [-0.2, -0.15) is 0 Å². The van der Waals surface area contributed by atoms with Crippen LogP contribution in [-0.2, 0) is 6.54 Å². The number of nitrogens with zero attached hydrogens (tertiary/aromatic N) is 2. The minimum atomic E-state index is 0.532. The molecule has 1 heterocycles. The third kappa shape index (κ3) is 3.73. The summed E-state index contributed by atoms with van der Waals surface area (Å²) in [5.74, 6) is 1.39. The predicted octanol–water partition coefficient (Wildman–Crippen LogP) is 4.00. The summed E-state index contributed by atoms with van der Waals surface area (Å²) in [4.78, 5) is 8.77. The van der Waals surface area contributed by atoms with E-state index in [0.717, 1.165) is 19.0 Å². The standard InChI is InChI=1S/C16H29N3S/c1-6-9-17-10-14-15(13-7-8-13)18-16(20-14)19(5)12(4)11(2)3/h11-13,17H,6-10H2,1-5H3. The van der Waals surface area contributed by atoms with Gasteiger partial charge in [0, 0.05) is 30.4 Å². The zero-order valence-corrected chi connectivity index (χ0v) is 14.4. The second-order valence-corrected chi connectivity index (χ2v) is 7.41. The largest absolute Gasteiger partial charge is 0.348 e. The van der Waals surface area contributed by atoms with Crippen molar-refractivity contribution >= 4 is 16.5 Å². The molecule has 0 radical (unpaired) electrons. The Morgan fingerprint density at radius 2 is 2.05 bits per heavy atom. The van der Waals surface area contributed by atoms with E-state index in [1.165, 1.54) is 35.0 Å². The van der Waals surface area contributed by atoms with E-state index in [1.807, 2.05) is 11.3 Å². The van der Waals surface area contributed by atoms with Crippen molar-refractivity contribution in [3.8, 4) is 0 Å². The van der Waals surface area contributed by atoms with Gasteiger partial charge in [-0.05, 0) is 38.6 Å². The molecule has 1 aliphatic carbocycles. The van der Waals surface area contributed by atoms with Crippen LogP contribution in [-0.4, -0.2) is 24.6 Å². The number of hydrogen-bond acceptors (Lipinski definition) is 4. The van der Waals surface area contributed by atoms with Gasteiger partial charge < -0.3 is 10.2 Å². The van der Waals surface area contributed by atoms with E-state index < -0.39 is 0 Å². The van der Waals surface area contributed by atoms with Crippen molar-refractivity contribution in [1.82, 2.24) is 10.3 Å². The number of hydrogen-bond donors (Lipinski definition) is 1. The van der Waals surface area contributed by atoms with Crippen LogP contribution in [0.5, 0.6) is 0 Å². The Morgan fingerprint density at radius 3 is 2.60 bits per heavy atom. The Hall–Kier alpha value is -0.610. The van der Waals surface area contributed by atoms with Gasteiger partial charge in [0.2, 0.25) is 0 Å². The van der Waals surface area contributed by atoms with Crippen LogP contribution in [0.15, 0.2) is 0 Å². The van der Waals surface area contributed by atoms with Crippen LogP contribution in [0.2, 0.25) is 0 Å². The van der Waals surface area contributed by atoms with Crippen LogP contribution < -0.4 is 10.2 Å². The Labute approximate surface area is 127 Å². The molecule has 20 heavy (non-hydrogen) atoms. The highest BCUT2D eigenvalue weighted by Gasteiger charge is 2.30. The molecular formula is C16H29N3S. The van der Waals surface area contributed by atoms with Crippen molar-refractivity contribution < 1.29 is 0 Å². The lowest BCUT2D eigenvalue weighted by atomic mass is 10.1. The van der Waals surface area contributed by atoms with E-state index in [1.54, 1.807) is 0 Å². The SMILES string of the molecule is CCCNCc1sc(N(C)C(C)C(C)C)nc1C1CC1. The molecule has 1 unspecified atom stereocenters. The van der Waals surface area contributed by atoms with Gasteiger partial charge in [-0.15, -0.1) is 11.3 Å².